The minimum atomic E-state index is 0.943. The van der Waals surface area contributed by atoms with Crippen molar-refractivity contribution >= 4 is 11.0 Å². The first kappa shape index (κ1) is 21.7. The summed E-state index contributed by atoms with van der Waals surface area (Å²) in [6, 6.07) is 40.3. The van der Waals surface area contributed by atoms with E-state index in [1.807, 2.05) is 36.7 Å². The van der Waals surface area contributed by atoms with Crippen LogP contribution in [0.4, 0.5) is 0 Å². The Balaban J connectivity index is 1.59. The maximum absolute atomic E-state index is 5.19. The largest absolute Gasteiger partial charge is 0.291 e. The van der Waals surface area contributed by atoms with Gasteiger partial charge in [-0.1, -0.05) is 91.0 Å². The Morgan fingerprint density at radius 3 is 1.82 bits per heavy atom. The van der Waals surface area contributed by atoms with Crippen LogP contribution in [0.1, 0.15) is 0 Å². The SMILES string of the molecule is [c-]1n(-c2ccccc2)c2cnc3c(c2[n+]1-c1cccnc1)-c1ccccc1-c1ccccc1-c1ccccc1-3. The topological polar surface area (TPSA) is 34.6 Å². The van der Waals surface area contributed by atoms with E-state index in [0.29, 0.717) is 0 Å². The van der Waals surface area contributed by atoms with Crippen molar-refractivity contribution in [2.24, 2.45) is 0 Å². The minimum absolute atomic E-state index is 0.943. The highest BCUT2D eigenvalue weighted by molar-refractivity contribution is 6.08. The number of hydrogen-bond acceptors (Lipinski definition) is 2. The average Bonchev–Trinajstić information content (AvgIpc) is 3.41. The zero-order valence-electron chi connectivity index (χ0n) is 21.0. The molecule has 39 heavy (non-hydrogen) atoms. The molecule has 182 valence electrons. The first-order valence-electron chi connectivity index (χ1n) is 13.0. The Morgan fingerprint density at radius 1 is 0.564 bits per heavy atom. The van der Waals surface area contributed by atoms with Crippen LogP contribution in [0.3, 0.4) is 0 Å². The summed E-state index contributed by atoms with van der Waals surface area (Å²) < 4.78 is 4.22. The van der Waals surface area contributed by atoms with E-state index >= 15 is 0 Å². The second-order valence-corrected chi connectivity index (χ2v) is 9.67. The molecular weight excluding hydrogens is 476 g/mol. The lowest BCUT2D eigenvalue weighted by molar-refractivity contribution is -0.572. The molecule has 1 aliphatic carbocycles. The van der Waals surface area contributed by atoms with E-state index in [1.165, 1.54) is 22.3 Å². The molecule has 0 amide bonds. The smallest absolute Gasteiger partial charge is 0.269 e. The number of para-hydroxylation sites is 1. The lowest BCUT2D eigenvalue weighted by Crippen LogP contribution is -2.30. The van der Waals surface area contributed by atoms with Gasteiger partial charge in [0.15, 0.2) is 0 Å². The van der Waals surface area contributed by atoms with Gasteiger partial charge in [0, 0.05) is 29.7 Å². The lowest BCUT2D eigenvalue weighted by atomic mass is 9.82. The lowest BCUT2D eigenvalue weighted by Gasteiger charge is -2.23. The number of fused-ring (bicyclic) bond motifs is 10. The number of pyridine rings is 2. The van der Waals surface area contributed by atoms with Gasteiger partial charge in [-0.15, -0.1) is 0 Å². The number of benzene rings is 4. The molecule has 0 spiro atoms. The van der Waals surface area contributed by atoms with E-state index in [0.717, 1.165) is 44.8 Å². The number of hydrogen-bond donors (Lipinski definition) is 0. The van der Waals surface area contributed by atoms with Crippen molar-refractivity contribution < 1.29 is 4.57 Å². The fraction of sp³-hybridized carbons (Fsp3) is 0. The molecule has 3 aromatic heterocycles. The van der Waals surface area contributed by atoms with Crippen LogP contribution < -0.4 is 4.57 Å². The van der Waals surface area contributed by atoms with E-state index in [2.05, 4.69) is 111 Å². The molecule has 0 radical (unpaired) electrons. The van der Waals surface area contributed by atoms with Gasteiger partial charge in [0.1, 0.15) is 5.52 Å². The molecule has 4 aromatic carbocycles. The van der Waals surface area contributed by atoms with Crippen LogP contribution in [-0.2, 0) is 0 Å². The normalized spacial score (nSPS) is 11.6. The van der Waals surface area contributed by atoms with Crippen molar-refractivity contribution in [1.82, 2.24) is 14.5 Å². The fourth-order valence-corrected chi connectivity index (χ4v) is 5.80. The highest BCUT2D eigenvalue weighted by atomic mass is 15.2. The van der Waals surface area contributed by atoms with Gasteiger partial charge in [-0.3, -0.25) is 19.1 Å². The Morgan fingerprint density at radius 2 is 1.15 bits per heavy atom. The molecule has 0 saturated heterocycles. The van der Waals surface area contributed by atoms with Crippen LogP contribution in [0, 0.1) is 6.33 Å². The molecule has 0 bridgehead atoms. The quantitative estimate of drug-likeness (QED) is 0.183. The van der Waals surface area contributed by atoms with Crippen LogP contribution in [0.15, 0.2) is 134 Å². The summed E-state index contributed by atoms with van der Waals surface area (Å²) in [6.07, 6.45) is 9.31. The third kappa shape index (κ3) is 3.28. The average molecular weight is 499 g/mol. The molecule has 3 heterocycles. The Kier molecular flexibility index (Phi) is 4.79. The predicted molar refractivity (Wildman–Crippen MR) is 155 cm³/mol. The Hall–Kier alpha value is -5.35. The molecule has 0 fully saturated rings. The van der Waals surface area contributed by atoms with Crippen molar-refractivity contribution in [1.29, 1.82) is 0 Å². The zero-order valence-corrected chi connectivity index (χ0v) is 21.0. The van der Waals surface area contributed by atoms with Crippen LogP contribution in [-0.4, -0.2) is 14.5 Å². The number of aromatic nitrogens is 4. The number of imidazole rings is 1. The van der Waals surface area contributed by atoms with Gasteiger partial charge in [-0.25, -0.2) is 0 Å². The van der Waals surface area contributed by atoms with Crippen molar-refractivity contribution in [3.05, 3.63) is 140 Å². The van der Waals surface area contributed by atoms with Crippen molar-refractivity contribution in [3.63, 3.8) is 0 Å². The van der Waals surface area contributed by atoms with Gasteiger partial charge in [-0.2, -0.15) is 0 Å². The molecule has 1 aliphatic rings. The number of nitrogens with zero attached hydrogens (tertiary/aromatic N) is 4. The summed E-state index contributed by atoms with van der Waals surface area (Å²) in [5.41, 5.74) is 13.1. The van der Waals surface area contributed by atoms with Crippen LogP contribution in [0.2, 0.25) is 0 Å². The third-order valence-corrected chi connectivity index (χ3v) is 7.50. The van der Waals surface area contributed by atoms with Crippen molar-refractivity contribution in [2.75, 3.05) is 0 Å². The molecule has 0 unspecified atom stereocenters. The van der Waals surface area contributed by atoms with Gasteiger partial charge < -0.3 is 0 Å². The molecule has 4 nitrogen and oxygen atoms in total. The fourth-order valence-electron chi connectivity index (χ4n) is 5.80. The summed E-state index contributed by atoms with van der Waals surface area (Å²) in [7, 11) is 0. The maximum atomic E-state index is 5.19. The Bertz CT molecular complexity index is 2000. The molecule has 7 aromatic rings. The van der Waals surface area contributed by atoms with E-state index in [4.69, 9.17) is 4.98 Å². The second kappa shape index (κ2) is 8.61. The first-order chi connectivity index (χ1) is 19.4. The standard InChI is InChI=1S/C35H22N4/c1-2-11-24(12-3-1)38-23-39(25-13-10-20-36-21-25)35-32(38)22-37-34-31-19-9-7-17-29(31)27-15-5-4-14-26(27)28-16-6-8-18-30(28)33(34)35/h1-22H. The van der Waals surface area contributed by atoms with Gasteiger partial charge in [-0.05, 0) is 52.1 Å². The van der Waals surface area contributed by atoms with Crippen LogP contribution in [0.25, 0.3) is 67.0 Å². The van der Waals surface area contributed by atoms with Gasteiger partial charge in [0.25, 0.3) is 6.33 Å². The van der Waals surface area contributed by atoms with E-state index in [1.54, 1.807) is 6.20 Å². The highest BCUT2D eigenvalue weighted by Crippen LogP contribution is 2.48. The summed E-state index contributed by atoms with van der Waals surface area (Å²) in [4.78, 5) is 9.63. The number of rotatable bonds is 2. The van der Waals surface area contributed by atoms with Crippen LogP contribution >= 0.6 is 0 Å². The van der Waals surface area contributed by atoms with E-state index in [9.17, 15) is 0 Å². The minimum Gasteiger partial charge on any atom is -0.291 e. The maximum Gasteiger partial charge on any atom is 0.269 e. The predicted octanol–water partition coefficient (Wildman–Crippen LogP) is 7.48. The monoisotopic (exact) mass is 498 g/mol. The van der Waals surface area contributed by atoms with Gasteiger partial charge in [0.2, 0.25) is 0 Å². The second-order valence-electron chi connectivity index (χ2n) is 9.67. The van der Waals surface area contributed by atoms with Gasteiger partial charge in [0.05, 0.1) is 22.6 Å². The van der Waals surface area contributed by atoms with E-state index in [-0.39, 0.29) is 0 Å². The first-order valence-corrected chi connectivity index (χ1v) is 13.0. The molecule has 4 heteroatoms. The summed E-state index contributed by atoms with van der Waals surface area (Å²) in [5, 5.41) is 0. The van der Waals surface area contributed by atoms with E-state index < -0.39 is 0 Å². The van der Waals surface area contributed by atoms with Crippen molar-refractivity contribution in [3.8, 4) is 56.0 Å². The third-order valence-electron chi connectivity index (χ3n) is 7.50. The van der Waals surface area contributed by atoms with Crippen LogP contribution in [0.5, 0.6) is 0 Å². The zero-order chi connectivity index (χ0) is 25.8. The summed E-state index contributed by atoms with van der Waals surface area (Å²) >= 11 is 0. The molecule has 8 rings (SSSR count). The Labute approximate surface area is 226 Å². The molecule has 0 N–H and O–H groups in total. The van der Waals surface area contributed by atoms with Gasteiger partial charge >= 0.3 is 0 Å². The molecule has 0 aliphatic heterocycles. The summed E-state index contributed by atoms with van der Waals surface area (Å²) in [6.45, 7) is 0. The molecular formula is C35H22N4. The summed E-state index contributed by atoms with van der Waals surface area (Å²) in [5.74, 6) is 0. The highest BCUT2D eigenvalue weighted by Gasteiger charge is 2.27. The van der Waals surface area contributed by atoms with Crippen molar-refractivity contribution in [2.45, 2.75) is 0 Å². The molecule has 0 saturated carbocycles. The molecule has 0 atom stereocenters.